The molecule has 0 atom stereocenters. The average molecular weight is 281 g/mol. The fourth-order valence-electron chi connectivity index (χ4n) is 2.50. The summed E-state index contributed by atoms with van der Waals surface area (Å²) in [6.45, 7) is 15.0. The molecule has 1 aliphatic heterocycles. The Morgan fingerprint density at radius 1 is 1.21 bits per heavy atom. The van der Waals surface area contributed by atoms with Crippen LogP contribution in [0.1, 0.15) is 25.6 Å². The predicted molar refractivity (Wildman–Crippen MR) is 83.8 cm³/mol. The second-order valence-electron chi connectivity index (χ2n) is 6.26. The van der Waals surface area contributed by atoms with Gasteiger partial charge in [-0.15, -0.1) is 11.3 Å². The van der Waals surface area contributed by atoms with E-state index in [2.05, 4.69) is 53.4 Å². The lowest BCUT2D eigenvalue weighted by Gasteiger charge is -2.42. The van der Waals surface area contributed by atoms with E-state index in [1.165, 1.54) is 37.6 Å². The maximum atomic E-state index is 3.53. The molecule has 0 spiro atoms. The minimum Gasteiger partial charge on any atom is -0.311 e. The molecular weight excluding hydrogens is 254 g/mol. The van der Waals surface area contributed by atoms with Gasteiger partial charge in [-0.1, -0.05) is 6.07 Å². The van der Waals surface area contributed by atoms with Crippen LogP contribution in [0.15, 0.2) is 17.5 Å². The lowest BCUT2D eigenvalue weighted by Crippen LogP contribution is -2.54. The molecule has 1 aromatic heterocycles. The largest absolute Gasteiger partial charge is 0.311 e. The van der Waals surface area contributed by atoms with Gasteiger partial charge < -0.3 is 5.32 Å². The Balaban J connectivity index is 1.58. The molecule has 1 aromatic rings. The van der Waals surface area contributed by atoms with Crippen molar-refractivity contribution in [3.63, 3.8) is 0 Å². The molecule has 0 aliphatic carbocycles. The van der Waals surface area contributed by atoms with Crippen LogP contribution in [0.25, 0.3) is 0 Å². The van der Waals surface area contributed by atoms with Gasteiger partial charge in [0.2, 0.25) is 0 Å². The molecule has 0 amide bonds. The van der Waals surface area contributed by atoms with Gasteiger partial charge in [-0.05, 0) is 32.2 Å². The molecule has 1 fully saturated rings. The standard InChI is InChI=1S/C15H27N3S/c1-15(2,3)18-10-8-17(9-11-18)7-6-16-13-14-5-4-12-19-14/h4-5,12,16H,6-11,13H2,1-3H3. The summed E-state index contributed by atoms with van der Waals surface area (Å²) in [4.78, 5) is 6.59. The maximum absolute atomic E-state index is 3.53. The van der Waals surface area contributed by atoms with Crippen molar-refractivity contribution in [2.75, 3.05) is 39.3 Å². The third-order valence-corrected chi connectivity index (χ3v) is 4.68. The molecule has 0 aromatic carbocycles. The highest BCUT2D eigenvalue weighted by atomic mass is 32.1. The van der Waals surface area contributed by atoms with Crippen LogP contribution in [0.5, 0.6) is 0 Å². The number of thiophene rings is 1. The van der Waals surface area contributed by atoms with Crippen molar-refractivity contribution in [1.29, 1.82) is 0 Å². The highest BCUT2D eigenvalue weighted by molar-refractivity contribution is 7.09. The summed E-state index contributed by atoms with van der Waals surface area (Å²) in [6, 6.07) is 4.31. The molecule has 0 saturated carbocycles. The van der Waals surface area contributed by atoms with Gasteiger partial charge in [-0.3, -0.25) is 9.80 Å². The van der Waals surface area contributed by atoms with Crippen LogP contribution in [0.2, 0.25) is 0 Å². The van der Waals surface area contributed by atoms with Crippen LogP contribution in [0, 0.1) is 0 Å². The summed E-state index contributed by atoms with van der Waals surface area (Å²) in [5.41, 5.74) is 0.323. The van der Waals surface area contributed by atoms with Crippen molar-refractivity contribution in [2.45, 2.75) is 32.9 Å². The molecule has 3 nitrogen and oxygen atoms in total. The molecule has 4 heteroatoms. The quantitative estimate of drug-likeness (QED) is 0.835. The van der Waals surface area contributed by atoms with Crippen molar-refractivity contribution in [3.05, 3.63) is 22.4 Å². The molecular formula is C15H27N3S. The van der Waals surface area contributed by atoms with E-state index in [1.807, 2.05) is 11.3 Å². The van der Waals surface area contributed by atoms with Gasteiger partial charge in [-0.2, -0.15) is 0 Å². The zero-order valence-electron chi connectivity index (χ0n) is 12.5. The van der Waals surface area contributed by atoms with E-state index in [0.29, 0.717) is 5.54 Å². The number of hydrogen-bond donors (Lipinski definition) is 1. The Hall–Kier alpha value is -0.420. The van der Waals surface area contributed by atoms with Gasteiger partial charge in [0, 0.05) is 56.2 Å². The zero-order valence-corrected chi connectivity index (χ0v) is 13.3. The molecule has 1 saturated heterocycles. The van der Waals surface area contributed by atoms with E-state index >= 15 is 0 Å². The lowest BCUT2D eigenvalue weighted by molar-refractivity contribution is 0.0628. The van der Waals surface area contributed by atoms with Crippen LogP contribution in [0.4, 0.5) is 0 Å². The summed E-state index contributed by atoms with van der Waals surface area (Å²) in [5.74, 6) is 0. The summed E-state index contributed by atoms with van der Waals surface area (Å²) < 4.78 is 0. The SMILES string of the molecule is CC(C)(C)N1CCN(CCNCc2cccs2)CC1. The van der Waals surface area contributed by atoms with E-state index in [-0.39, 0.29) is 0 Å². The van der Waals surface area contributed by atoms with Crippen LogP contribution in [0.3, 0.4) is 0 Å². The van der Waals surface area contributed by atoms with E-state index < -0.39 is 0 Å². The van der Waals surface area contributed by atoms with Crippen molar-refractivity contribution in [3.8, 4) is 0 Å². The van der Waals surface area contributed by atoms with Crippen molar-refractivity contribution in [2.24, 2.45) is 0 Å². The Morgan fingerprint density at radius 2 is 1.95 bits per heavy atom. The molecule has 19 heavy (non-hydrogen) atoms. The van der Waals surface area contributed by atoms with Crippen LogP contribution < -0.4 is 5.32 Å². The van der Waals surface area contributed by atoms with Gasteiger partial charge in [0.15, 0.2) is 0 Å². The van der Waals surface area contributed by atoms with Gasteiger partial charge >= 0.3 is 0 Å². The first-order valence-electron chi connectivity index (χ1n) is 7.26. The normalized spacial score (nSPS) is 18.9. The van der Waals surface area contributed by atoms with Crippen molar-refractivity contribution in [1.82, 2.24) is 15.1 Å². The van der Waals surface area contributed by atoms with Gasteiger partial charge in [-0.25, -0.2) is 0 Å². The molecule has 0 bridgehead atoms. The Labute approximate surface area is 121 Å². The van der Waals surface area contributed by atoms with E-state index in [4.69, 9.17) is 0 Å². The van der Waals surface area contributed by atoms with Crippen LogP contribution in [-0.2, 0) is 6.54 Å². The Bertz CT molecular complexity index is 348. The van der Waals surface area contributed by atoms with Crippen LogP contribution >= 0.6 is 11.3 Å². The monoisotopic (exact) mass is 281 g/mol. The lowest BCUT2D eigenvalue weighted by atomic mass is 10.1. The highest BCUT2D eigenvalue weighted by Crippen LogP contribution is 2.15. The maximum Gasteiger partial charge on any atom is 0.0300 e. The molecule has 2 heterocycles. The third-order valence-electron chi connectivity index (χ3n) is 3.81. The highest BCUT2D eigenvalue weighted by Gasteiger charge is 2.25. The molecule has 2 rings (SSSR count). The summed E-state index contributed by atoms with van der Waals surface area (Å²) in [5, 5.41) is 5.67. The first-order chi connectivity index (χ1) is 9.05. The van der Waals surface area contributed by atoms with E-state index in [0.717, 1.165) is 13.1 Å². The number of rotatable bonds is 5. The third kappa shape index (κ3) is 4.88. The fraction of sp³-hybridized carbons (Fsp3) is 0.733. The van der Waals surface area contributed by atoms with Gasteiger partial charge in [0.25, 0.3) is 0 Å². The molecule has 0 unspecified atom stereocenters. The first kappa shape index (κ1) is 15.0. The van der Waals surface area contributed by atoms with E-state index in [9.17, 15) is 0 Å². The number of nitrogens with zero attached hydrogens (tertiary/aromatic N) is 2. The number of piperazine rings is 1. The number of hydrogen-bond acceptors (Lipinski definition) is 4. The molecule has 1 aliphatic rings. The summed E-state index contributed by atoms with van der Waals surface area (Å²) in [7, 11) is 0. The van der Waals surface area contributed by atoms with Gasteiger partial charge in [0.1, 0.15) is 0 Å². The fourth-order valence-corrected chi connectivity index (χ4v) is 3.18. The molecule has 1 N–H and O–H groups in total. The number of nitrogens with one attached hydrogen (secondary N) is 1. The summed E-state index contributed by atoms with van der Waals surface area (Å²) in [6.07, 6.45) is 0. The predicted octanol–water partition coefficient (Wildman–Crippen LogP) is 2.25. The molecule has 0 radical (unpaired) electrons. The second kappa shape index (κ2) is 6.84. The zero-order chi connectivity index (χ0) is 13.7. The van der Waals surface area contributed by atoms with Crippen LogP contribution in [-0.4, -0.2) is 54.6 Å². The minimum absolute atomic E-state index is 0.323. The van der Waals surface area contributed by atoms with E-state index in [1.54, 1.807) is 0 Å². The Kier molecular flexibility index (Phi) is 5.39. The second-order valence-corrected chi connectivity index (χ2v) is 7.29. The molecule has 108 valence electrons. The minimum atomic E-state index is 0.323. The smallest absolute Gasteiger partial charge is 0.0300 e. The van der Waals surface area contributed by atoms with Crippen molar-refractivity contribution < 1.29 is 0 Å². The van der Waals surface area contributed by atoms with Crippen molar-refractivity contribution >= 4 is 11.3 Å². The summed E-state index contributed by atoms with van der Waals surface area (Å²) >= 11 is 1.83. The Morgan fingerprint density at radius 3 is 2.53 bits per heavy atom. The first-order valence-corrected chi connectivity index (χ1v) is 8.14. The van der Waals surface area contributed by atoms with Gasteiger partial charge in [0.05, 0.1) is 0 Å². The average Bonchev–Trinajstić information content (AvgIpc) is 2.87. The topological polar surface area (TPSA) is 18.5 Å².